The zero-order valence-electron chi connectivity index (χ0n) is 17.2. The molecule has 3 aromatic rings. The summed E-state index contributed by atoms with van der Waals surface area (Å²) in [6.45, 7) is 1.67. The van der Waals surface area contributed by atoms with Crippen molar-refractivity contribution in [3.63, 3.8) is 0 Å². The van der Waals surface area contributed by atoms with Crippen molar-refractivity contribution in [1.82, 2.24) is 0 Å². The van der Waals surface area contributed by atoms with Gasteiger partial charge in [-0.05, 0) is 55.5 Å². The van der Waals surface area contributed by atoms with Crippen LogP contribution in [0.4, 0.5) is 17.1 Å². The zero-order valence-corrected chi connectivity index (χ0v) is 18.0. The summed E-state index contributed by atoms with van der Waals surface area (Å²) in [5.74, 6) is 0.125. The molecule has 0 aliphatic rings. The normalized spacial score (nSPS) is 11.3. The summed E-state index contributed by atoms with van der Waals surface area (Å²) < 4.78 is 5.42. The lowest BCUT2D eigenvalue weighted by Gasteiger charge is -2.13. The molecule has 164 valence electrons. The van der Waals surface area contributed by atoms with Crippen LogP contribution >= 0.6 is 11.8 Å². The van der Waals surface area contributed by atoms with Gasteiger partial charge in [0.1, 0.15) is 5.75 Å². The highest BCUT2D eigenvalue weighted by molar-refractivity contribution is 8.00. The van der Waals surface area contributed by atoms with Crippen LogP contribution in [0, 0.1) is 10.1 Å². The first-order valence-corrected chi connectivity index (χ1v) is 10.6. The van der Waals surface area contributed by atoms with E-state index >= 15 is 0 Å². The number of nitro benzene ring substituents is 1. The van der Waals surface area contributed by atoms with E-state index in [0.717, 1.165) is 4.90 Å². The van der Waals surface area contributed by atoms with Crippen molar-refractivity contribution in [2.45, 2.75) is 17.1 Å². The Morgan fingerprint density at radius 3 is 2.16 bits per heavy atom. The molecule has 9 heteroatoms. The van der Waals surface area contributed by atoms with Gasteiger partial charge in [0.05, 0.1) is 10.2 Å². The number of amides is 2. The Balaban J connectivity index is 1.47. The van der Waals surface area contributed by atoms with Crippen molar-refractivity contribution in [3.05, 3.63) is 89.0 Å². The molecule has 0 saturated heterocycles. The van der Waals surface area contributed by atoms with Crippen molar-refractivity contribution in [3.8, 4) is 5.75 Å². The lowest BCUT2D eigenvalue weighted by atomic mass is 10.3. The van der Waals surface area contributed by atoms with Crippen molar-refractivity contribution in [1.29, 1.82) is 0 Å². The van der Waals surface area contributed by atoms with Gasteiger partial charge in [0.15, 0.2) is 6.61 Å². The van der Waals surface area contributed by atoms with Crippen molar-refractivity contribution >= 4 is 40.6 Å². The van der Waals surface area contributed by atoms with Crippen LogP contribution < -0.4 is 15.4 Å². The van der Waals surface area contributed by atoms with E-state index in [1.54, 1.807) is 31.2 Å². The molecule has 8 nitrogen and oxygen atoms in total. The first-order valence-electron chi connectivity index (χ1n) is 9.70. The van der Waals surface area contributed by atoms with Gasteiger partial charge in [-0.3, -0.25) is 19.7 Å². The summed E-state index contributed by atoms with van der Waals surface area (Å²) in [7, 11) is 0. The van der Waals surface area contributed by atoms with Gasteiger partial charge in [0, 0.05) is 28.4 Å². The van der Waals surface area contributed by atoms with Crippen LogP contribution in [0.1, 0.15) is 6.92 Å². The minimum absolute atomic E-state index is 0.0377. The Morgan fingerprint density at radius 1 is 0.938 bits per heavy atom. The van der Waals surface area contributed by atoms with E-state index in [4.69, 9.17) is 4.74 Å². The van der Waals surface area contributed by atoms with E-state index in [2.05, 4.69) is 10.6 Å². The molecule has 0 radical (unpaired) electrons. The van der Waals surface area contributed by atoms with Crippen LogP contribution in [0.15, 0.2) is 83.8 Å². The van der Waals surface area contributed by atoms with Gasteiger partial charge in [-0.2, -0.15) is 0 Å². The predicted octanol–water partition coefficient (Wildman–Crippen LogP) is 4.73. The minimum atomic E-state index is -0.494. The maximum Gasteiger partial charge on any atom is 0.269 e. The van der Waals surface area contributed by atoms with E-state index in [0.29, 0.717) is 17.1 Å². The van der Waals surface area contributed by atoms with Gasteiger partial charge in [-0.25, -0.2) is 0 Å². The average molecular weight is 452 g/mol. The van der Waals surface area contributed by atoms with Crippen molar-refractivity contribution in [2.24, 2.45) is 0 Å². The standard InChI is InChI=1S/C23H21N3O5S/c1-16(23(28)25-18-7-11-19(12-8-18)26(29)30)32-21-13-9-17(10-14-21)24-22(27)15-31-20-5-3-2-4-6-20/h2-14,16H,15H2,1H3,(H,24,27)(H,25,28). The molecule has 0 spiro atoms. The number of nitrogens with one attached hydrogen (secondary N) is 2. The van der Waals surface area contributed by atoms with E-state index in [-0.39, 0.29) is 24.1 Å². The fourth-order valence-electron chi connectivity index (χ4n) is 2.65. The number of carbonyl (C=O) groups is 2. The molecule has 0 aliphatic carbocycles. The van der Waals surface area contributed by atoms with Crippen LogP contribution in [-0.2, 0) is 9.59 Å². The highest BCUT2D eigenvalue weighted by Gasteiger charge is 2.15. The molecule has 2 N–H and O–H groups in total. The molecule has 0 heterocycles. The molecular formula is C23H21N3O5S. The smallest absolute Gasteiger partial charge is 0.269 e. The van der Waals surface area contributed by atoms with Crippen LogP contribution in [0.5, 0.6) is 5.75 Å². The maximum absolute atomic E-state index is 12.4. The van der Waals surface area contributed by atoms with Gasteiger partial charge in [-0.1, -0.05) is 18.2 Å². The molecule has 3 rings (SSSR count). The van der Waals surface area contributed by atoms with E-state index in [9.17, 15) is 19.7 Å². The fraction of sp³-hybridized carbons (Fsp3) is 0.130. The maximum atomic E-state index is 12.4. The third kappa shape index (κ3) is 6.85. The van der Waals surface area contributed by atoms with Crippen LogP contribution in [0.25, 0.3) is 0 Å². The second kappa shape index (κ2) is 11.0. The number of nitro groups is 1. The monoisotopic (exact) mass is 451 g/mol. The lowest BCUT2D eigenvalue weighted by Crippen LogP contribution is -2.22. The second-order valence-corrected chi connectivity index (χ2v) is 8.14. The van der Waals surface area contributed by atoms with Crippen LogP contribution in [0.3, 0.4) is 0 Å². The third-order valence-electron chi connectivity index (χ3n) is 4.28. The summed E-state index contributed by atoms with van der Waals surface area (Å²) in [6.07, 6.45) is 0. The number of para-hydroxylation sites is 1. The number of hydrogen-bond acceptors (Lipinski definition) is 6. The number of rotatable bonds is 9. The first kappa shape index (κ1) is 22.8. The Morgan fingerprint density at radius 2 is 1.53 bits per heavy atom. The van der Waals surface area contributed by atoms with Gasteiger partial charge in [-0.15, -0.1) is 11.8 Å². The Bertz CT molecular complexity index is 1070. The first-order chi connectivity index (χ1) is 15.4. The van der Waals surface area contributed by atoms with Gasteiger partial charge in [0.25, 0.3) is 11.6 Å². The molecule has 32 heavy (non-hydrogen) atoms. The SMILES string of the molecule is CC(Sc1ccc(NC(=O)COc2ccccc2)cc1)C(=O)Nc1ccc([N+](=O)[O-])cc1. The molecule has 1 unspecified atom stereocenters. The summed E-state index contributed by atoms with van der Waals surface area (Å²) in [5.41, 5.74) is 1.08. The summed E-state index contributed by atoms with van der Waals surface area (Å²) in [6, 6.07) is 21.9. The number of hydrogen-bond donors (Lipinski definition) is 2. The van der Waals surface area contributed by atoms with Crippen molar-refractivity contribution < 1.29 is 19.2 Å². The number of anilines is 2. The number of nitrogens with zero attached hydrogens (tertiary/aromatic N) is 1. The molecule has 0 fully saturated rings. The second-order valence-electron chi connectivity index (χ2n) is 6.73. The molecule has 0 aliphatic heterocycles. The van der Waals surface area contributed by atoms with Gasteiger partial charge in [0.2, 0.25) is 5.91 Å². The largest absolute Gasteiger partial charge is 0.484 e. The highest BCUT2D eigenvalue weighted by Crippen LogP contribution is 2.26. The molecular weight excluding hydrogens is 430 g/mol. The average Bonchev–Trinajstić information content (AvgIpc) is 2.80. The Labute approximate surface area is 189 Å². The van der Waals surface area contributed by atoms with E-state index in [1.807, 2.05) is 30.3 Å². The zero-order chi connectivity index (χ0) is 22.9. The predicted molar refractivity (Wildman–Crippen MR) is 124 cm³/mol. The topological polar surface area (TPSA) is 111 Å². The molecule has 0 aromatic heterocycles. The molecule has 2 amide bonds. The van der Waals surface area contributed by atoms with E-state index < -0.39 is 10.2 Å². The Hall–Kier alpha value is -3.85. The molecule has 0 saturated carbocycles. The van der Waals surface area contributed by atoms with E-state index in [1.165, 1.54) is 36.0 Å². The molecule has 3 aromatic carbocycles. The quantitative estimate of drug-likeness (QED) is 0.276. The van der Waals surface area contributed by atoms with Crippen molar-refractivity contribution in [2.75, 3.05) is 17.2 Å². The summed E-state index contributed by atoms with van der Waals surface area (Å²) in [4.78, 5) is 35.5. The third-order valence-corrected chi connectivity index (χ3v) is 5.39. The van der Waals surface area contributed by atoms with Crippen LogP contribution in [0.2, 0.25) is 0 Å². The molecule has 0 bridgehead atoms. The molecule has 1 atom stereocenters. The lowest BCUT2D eigenvalue weighted by molar-refractivity contribution is -0.384. The number of benzene rings is 3. The number of non-ortho nitro benzene ring substituents is 1. The minimum Gasteiger partial charge on any atom is -0.484 e. The number of thioether (sulfide) groups is 1. The fourth-order valence-corrected chi connectivity index (χ4v) is 3.51. The Kier molecular flexibility index (Phi) is 7.82. The van der Waals surface area contributed by atoms with Gasteiger partial charge < -0.3 is 15.4 Å². The van der Waals surface area contributed by atoms with Gasteiger partial charge >= 0.3 is 0 Å². The number of carbonyl (C=O) groups excluding carboxylic acids is 2. The summed E-state index contributed by atoms with van der Waals surface area (Å²) >= 11 is 1.36. The number of ether oxygens (including phenoxy) is 1. The highest BCUT2D eigenvalue weighted by atomic mass is 32.2. The van der Waals surface area contributed by atoms with Crippen LogP contribution in [-0.4, -0.2) is 28.6 Å². The summed E-state index contributed by atoms with van der Waals surface area (Å²) in [5, 5.41) is 15.8.